The van der Waals surface area contributed by atoms with Gasteiger partial charge in [0.2, 0.25) is 0 Å². The summed E-state index contributed by atoms with van der Waals surface area (Å²) in [7, 11) is 0. The molecule has 1 aromatic heterocycles. The van der Waals surface area contributed by atoms with Crippen LogP contribution in [0.15, 0.2) is 48.7 Å². The lowest BCUT2D eigenvalue weighted by molar-refractivity contribution is 0.0611. The second kappa shape index (κ2) is 8.15. The molecule has 1 N–H and O–H groups in total. The number of anilines is 1. The summed E-state index contributed by atoms with van der Waals surface area (Å²) in [5.41, 5.74) is 1.89. The zero-order valence-corrected chi connectivity index (χ0v) is 15.1. The first-order chi connectivity index (χ1) is 12.1. The van der Waals surface area contributed by atoms with Crippen LogP contribution in [0, 0.1) is 5.92 Å². The lowest BCUT2D eigenvalue weighted by Gasteiger charge is -2.36. The van der Waals surface area contributed by atoms with E-state index in [0.717, 1.165) is 49.3 Å². The van der Waals surface area contributed by atoms with Crippen LogP contribution in [0.2, 0.25) is 0 Å². The Hall–Kier alpha value is -2.36. The fourth-order valence-electron chi connectivity index (χ4n) is 3.28. The van der Waals surface area contributed by atoms with Crippen molar-refractivity contribution in [2.24, 2.45) is 5.92 Å². The highest BCUT2D eigenvalue weighted by Gasteiger charge is 2.28. The number of carbonyl (C=O) groups is 1. The van der Waals surface area contributed by atoms with E-state index in [9.17, 15) is 4.79 Å². The minimum absolute atomic E-state index is 0.118. The van der Waals surface area contributed by atoms with Gasteiger partial charge in [-0.15, -0.1) is 0 Å². The van der Waals surface area contributed by atoms with Crippen LogP contribution in [0.1, 0.15) is 55.1 Å². The molecular weight excluding hydrogens is 310 g/mol. The van der Waals surface area contributed by atoms with Crippen LogP contribution < -0.4 is 5.32 Å². The number of nitrogens with one attached hydrogen (secondary N) is 1. The molecule has 1 aromatic carbocycles. The van der Waals surface area contributed by atoms with Gasteiger partial charge in [0.25, 0.3) is 5.91 Å². The molecular formula is C21H27N3O. The average molecular weight is 337 g/mol. The highest BCUT2D eigenvalue weighted by atomic mass is 16.2. The number of likely N-dealkylation sites (tertiary alicyclic amines) is 1. The first kappa shape index (κ1) is 17.5. The van der Waals surface area contributed by atoms with Gasteiger partial charge >= 0.3 is 0 Å². The molecule has 0 unspecified atom stereocenters. The van der Waals surface area contributed by atoms with E-state index >= 15 is 0 Å². The molecule has 3 rings (SSSR count). The van der Waals surface area contributed by atoms with Crippen molar-refractivity contribution >= 4 is 11.7 Å². The summed E-state index contributed by atoms with van der Waals surface area (Å²) in [5, 5.41) is 3.34. The molecule has 2 heterocycles. The van der Waals surface area contributed by atoms with Crippen LogP contribution in [0.4, 0.5) is 5.82 Å². The molecule has 132 valence electrons. The Morgan fingerprint density at radius 3 is 2.68 bits per heavy atom. The van der Waals surface area contributed by atoms with Gasteiger partial charge in [0.1, 0.15) is 5.82 Å². The fourth-order valence-corrected chi connectivity index (χ4v) is 3.28. The van der Waals surface area contributed by atoms with Gasteiger partial charge in [-0.3, -0.25) is 4.79 Å². The van der Waals surface area contributed by atoms with Crippen molar-refractivity contribution in [2.45, 2.75) is 39.2 Å². The molecule has 4 heteroatoms. The van der Waals surface area contributed by atoms with Gasteiger partial charge in [-0.05, 0) is 48.9 Å². The number of amides is 1. The Balaban J connectivity index is 1.75. The topological polar surface area (TPSA) is 45.2 Å². The van der Waals surface area contributed by atoms with Crippen LogP contribution in [-0.2, 0) is 0 Å². The quantitative estimate of drug-likeness (QED) is 0.872. The van der Waals surface area contributed by atoms with Crippen molar-refractivity contribution in [1.29, 1.82) is 0 Å². The number of hydrogen-bond donors (Lipinski definition) is 1. The summed E-state index contributed by atoms with van der Waals surface area (Å²) in [5.74, 6) is 1.60. The van der Waals surface area contributed by atoms with Crippen molar-refractivity contribution in [1.82, 2.24) is 9.88 Å². The standard InChI is InChI=1S/C21H27N3O/c1-16(2)14-22-20-12-11-18(15-23-20)19-10-6-7-13-24(19)21(25)17-8-4-3-5-9-17/h3-5,8-9,11-12,15-16,19H,6-7,10,13-14H2,1-2H3,(H,22,23)/t19-/m1/s1. The number of nitrogens with zero attached hydrogens (tertiary/aromatic N) is 2. The third-order valence-electron chi connectivity index (χ3n) is 4.65. The van der Waals surface area contributed by atoms with Crippen molar-refractivity contribution in [3.05, 3.63) is 59.8 Å². The third-order valence-corrected chi connectivity index (χ3v) is 4.65. The lowest BCUT2D eigenvalue weighted by atomic mass is 9.95. The Bertz CT molecular complexity index is 682. The number of carbonyl (C=O) groups excluding carboxylic acids is 1. The summed E-state index contributed by atoms with van der Waals surface area (Å²) in [6.07, 6.45) is 5.13. The van der Waals surface area contributed by atoms with E-state index in [1.54, 1.807) is 0 Å². The Kier molecular flexibility index (Phi) is 5.69. The number of rotatable bonds is 5. The van der Waals surface area contributed by atoms with Crippen LogP contribution in [0.25, 0.3) is 0 Å². The predicted octanol–water partition coefficient (Wildman–Crippen LogP) is 4.52. The maximum Gasteiger partial charge on any atom is 0.254 e. The summed E-state index contributed by atoms with van der Waals surface area (Å²) in [6, 6.07) is 13.8. The zero-order valence-electron chi connectivity index (χ0n) is 15.1. The summed E-state index contributed by atoms with van der Waals surface area (Å²) >= 11 is 0. The molecule has 25 heavy (non-hydrogen) atoms. The van der Waals surface area contributed by atoms with Crippen LogP contribution in [-0.4, -0.2) is 28.9 Å². The van der Waals surface area contributed by atoms with Crippen molar-refractivity contribution < 1.29 is 4.79 Å². The lowest BCUT2D eigenvalue weighted by Crippen LogP contribution is -2.38. The van der Waals surface area contributed by atoms with Gasteiger partial charge in [-0.25, -0.2) is 4.98 Å². The summed E-state index contributed by atoms with van der Waals surface area (Å²) in [4.78, 5) is 19.5. The van der Waals surface area contributed by atoms with Gasteiger partial charge in [0, 0.05) is 24.8 Å². The van der Waals surface area contributed by atoms with Crippen LogP contribution >= 0.6 is 0 Å². The second-order valence-electron chi connectivity index (χ2n) is 7.13. The fraction of sp³-hybridized carbons (Fsp3) is 0.429. The number of aromatic nitrogens is 1. The molecule has 0 aliphatic carbocycles. The summed E-state index contributed by atoms with van der Waals surface area (Å²) in [6.45, 7) is 6.08. The van der Waals surface area contributed by atoms with E-state index in [-0.39, 0.29) is 11.9 Å². The zero-order chi connectivity index (χ0) is 17.6. The monoisotopic (exact) mass is 337 g/mol. The number of piperidine rings is 1. The van der Waals surface area contributed by atoms with E-state index in [0.29, 0.717) is 5.92 Å². The van der Waals surface area contributed by atoms with Gasteiger partial charge < -0.3 is 10.2 Å². The minimum atomic E-state index is 0.118. The van der Waals surface area contributed by atoms with Crippen LogP contribution in [0.3, 0.4) is 0 Å². The first-order valence-electron chi connectivity index (χ1n) is 9.21. The van der Waals surface area contributed by atoms with Gasteiger partial charge in [0.05, 0.1) is 6.04 Å². The van der Waals surface area contributed by atoms with Gasteiger partial charge in [-0.1, -0.05) is 38.1 Å². The normalized spacial score (nSPS) is 17.6. The SMILES string of the molecule is CC(C)CNc1ccc([C@H]2CCCCN2C(=O)c2ccccc2)cn1. The molecule has 4 nitrogen and oxygen atoms in total. The van der Waals surface area contributed by atoms with E-state index in [1.807, 2.05) is 47.5 Å². The molecule has 1 atom stereocenters. The average Bonchev–Trinajstić information content (AvgIpc) is 2.67. The third kappa shape index (κ3) is 4.38. The van der Waals surface area contributed by atoms with E-state index in [2.05, 4.69) is 30.2 Å². The van der Waals surface area contributed by atoms with Crippen molar-refractivity contribution in [3.8, 4) is 0 Å². The highest BCUT2D eigenvalue weighted by Crippen LogP contribution is 2.32. The van der Waals surface area contributed by atoms with Crippen molar-refractivity contribution in [2.75, 3.05) is 18.4 Å². The molecule has 1 aliphatic heterocycles. The van der Waals surface area contributed by atoms with Crippen LogP contribution in [0.5, 0.6) is 0 Å². The molecule has 1 amide bonds. The molecule has 1 aliphatic rings. The molecule has 1 saturated heterocycles. The second-order valence-corrected chi connectivity index (χ2v) is 7.13. The first-order valence-corrected chi connectivity index (χ1v) is 9.21. The Labute approximate surface area is 150 Å². The van der Waals surface area contributed by atoms with Crippen molar-refractivity contribution in [3.63, 3.8) is 0 Å². The maximum absolute atomic E-state index is 12.9. The largest absolute Gasteiger partial charge is 0.370 e. The van der Waals surface area contributed by atoms with E-state index in [1.165, 1.54) is 0 Å². The summed E-state index contributed by atoms with van der Waals surface area (Å²) < 4.78 is 0. The Morgan fingerprint density at radius 1 is 1.20 bits per heavy atom. The molecule has 0 spiro atoms. The molecule has 1 fully saturated rings. The highest BCUT2D eigenvalue weighted by molar-refractivity contribution is 5.94. The minimum Gasteiger partial charge on any atom is -0.370 e. The predicted molar refractivity (Wildman–Crippen MR) is 102 cm³/mol. The number of hydrogen-bond acceptors (Lipinski definition) is 3. The number of benzene rings is 1. The van der Waals surface area contributed by atoms with E-state index in [4.69, 9.17) is 0 Å². The van der Waals surface area contributed by atoms with E-state index < -0.39 is 0 Å². The van der Waals surface area contributed by atoms with Gasteiger partial charge in [-0.2, -0.15) is 0 Å². The number of pyridine rings is 1. The maximum atomic E-state index is 12.9. The smallest absolute Gasteiger partial charge is 0.254 e. The molecule has 0 saturated carbocycles. The van der Waals surface area contributed by atoms with Gasteiger partial charge in [0.15, 0.2) is 0 Å². The Morgan fingerprint density at radius 2 is 2.00 bits per heavy atom. The molecule has 0 bridgehead atoms. The molecule has 2 aromatic rings. The molecule has 0 radical (unpaired) electrons.